The highest BCUT2D eigenvalue weighted by Crippen LogP contribution is 2.17. The van der Waals surface area contributed by atoms with Crippen LogP contribution in [0.2, 0.25) is 0 Å². The molecule has 0 aliphatic heterocycles. The third-order valence-corrected chi connectivity index (χ3v) is 4.18. The summed E-state index contributed by atoms with van der Waals surface area (Å²) in [5, 5.41) is 16.1. The van der Waals surface area contributed by atoms with Gasteiger partial charge in [-0.1, -0.05) is 15.9 Å². The fourth-order valence-corrected chi connectivity index (χ4v) is 2.53. The first-order valence-electron chi connectivity index (χ1n) is 7.54. The molecule has 0 fully saturated rings. The Labute approximate surface area is 149 Å². The van der Waals surface area contributed by atoms with Gasteiger partial charge in [-0.05, 0) is 51.5 Å². The number of aliphatic carboxylic acids is 1. The fourth-order valence-electron chi connectivity index (χ4n) is 2.27. The van der Waals surface area contributed by atoms with E-state index in [2.05, 4.69) is 26.3 Å². The van der Waals surface area contributed by atoms with Crippen molar-refractivity contribution < 1.29 is 14.7 Å². The molecule has 1 aromatic carbocycles. The molecular formula is C17H20BrN3O3. The van der Waals surface area contributed by atoms with Gasteiger partial charge >= 0.3 is 5.97 Å². The predicted molar refractivity (Wildman–Crippen MR) is 94.4 cm³/mol. The lowest BCUT2D eigenvalue weighted by molar-refractivity contribution is -0.137. The third-order valence-electron chi connectivity index (χ3n) is 3.65. The van der Waals surface area contributed by atoms with Gasteiger partial charge in [0.1, 0.15) is 0 Å². The van der Waals surface area contributed by atoms with Crippen LogP contribution in [-0.2, 0) is 4.79 Å². The number of carboxylic acids is 1. The summed E-state index contributed by atoms with van der Waals surface area (Å²) in [6.07, 6.45) is 2.04. The predicted octanol–water partition coefficient (Wildman–Crippen LogP) is 3.32. The second kappa shape index (κ2) is 7.17. The van der Waals surface area contributed by atoms with Gasteiger partial charge in [0, 0.05) is 22.6 Å². The van der Waals surface area contributed by atoms with Gasteiger partial charge in [0.15, 0.2) is 0 Å². The maximum Gasteiger partial charge on any atom is 0.303 e. The summed E-state index contributed by atoms with van der Waals surface area (Å²) in [7, 11) is 0. The number of nitrogens with one attached hydrogen (secondary N) is 1. The van der Waals surface area contributed by atoms with Crippen LogP contribution >= 0.6 is 15.9 Å². The molecule has 24 heavy (non-hydrogen) atoms. The molecule has 0 saturated heterocycles. The van der Waals surface area contributed by atoms with Crippen molar-refractivity contribution in [2.45, 2.75) is 39.2 Å². The molecule has 0 aliphatic rings. The number of aryl methyl sites for hydroxylation is 1. The number of hydrogen-bond donors (Lipinski definition) is 2. The van der Waals surface area contributed by atoms with Gasteiger partial charge in [-0.2, -0.15) is 5.10 Å². The van der Waals surface area contributed by atoms with Crippen LogP contribution in [0.25, 0.3) is 5.69 Å². The van der Waals surface area contributed by atoms with Gasteiger partial charge in [0.2, 0.25) is 0 Å². The van der Waals surface area contributed by atoms with Crippen molar-refractivity contribution in [2.24, 2.45) is 0 Å². The lowest BCUT2D eigenvalue weighted by Gasteiger charge is -2.25. The smallest absolute Gasteiger partial charge is 0.303 e. The first-order valence-corrected chi connectivity index (χ1v) is 8.34. The molecule has 128 valence electrons. The minimum Gasteiger partial charge on any atom is -0.481 e. The van der Waals surface area contributed by atoms with Crippen molar-refractivity contribution in [3.63, 3.8) is 0 Å². The Bertz CT molecular complexity index is 751. The Morgan fingerprint density at radius 1 is 1.29 bits per heavy atom. The molecule has 1 aromatic heterocycles. The molecule has 2 N–H and O–H groups in total. The molecule has 0 unspecified atom stereocenters. The van der Waals surface area contributed by atoms with Crippen LogP contribution in [0.4, 0.5) is 0 Å². The fraction of sp³-hybridized carbons (Fsp3) is 0.353. The van der Waals surface area contributed by atoms with Crippen molar-refractivity contribution in [2.75, 3.05) is 0 Å². The van der Waals surface area contributed by atoms with E-state index in [-0.39, 0.29) is 12.3 Å². The van der Waals surface area contributed by atoms with E-state index in [1.165, 1.54) is 0 Å². The molecule has 1 amide bonds. The Hall–Kier alpha value is -2.15. The molecule has 0 saturated carbocycles. The van der Waals surface area contributed by atoms with Crippen LogP contribution in [-0.4, -0.2) is 32.3 Å². The molecule has 2 rings (SSSR count). The average molecular weight is 394 g/mol. The van der Waals surface area contributed by atoms with Crippen molar-refractivity contribution in [3.05, 3.63) is 46.2 Å². The second-order valence-electron chi connectivity index (χ2n) is 6.28. The van der Waals surface area contributed by atoms with Gasteiger partial charge in [0.25, 0.3) is 5.91 Å². The van der Waals surface area contributed by atoms with E-state index in [0.717, 1.165) is 10.2 Å². The number of benzene rings is 1. The zero-order chi connectivity index (χ0) is 17.9. The van der Waals surface area contributed by atoms with Crippen molar-refractivity contribution in [1.82, 2.24) is 15.1 Å². The first kappa shape index (κ1) is 18.2. The number of aromatic nitrogens is 2. The molecule has 0 aliphatic carbocycles. The molecule has 6 nitrogen and oxygen atoms in total. The number of halogens is 1. The summed E-state index contributed by atoms with van der Waals surface area (Å²) in [6.45, 7) is 5.39. The Morgan fingerprint density at radius 3 is 2.50 bits per heavy atom. The Morgan fingerprint density at radius 2 is 1.92 bits per heavy atom. The van der Waals surface area contributed by atoms with Crippen LogP contribution in [0.1, 0.15) is 42.7 Å². The zero-order valence-corrected chi connectivity index (χ0v) is 15.4. The highest BCUT2D eigenvalue weighted by atomic mass is 79.9. The summed E-state index contributed by atoms with van der Waals surface area (Å²) in [4.78, 5) is 23.2. The van der Waals surface area contributed by atoms with Gasteiger partial charge in [-0.25, -0.2) is 4.68 Å². The molecule has 0 bridgehead atoms. The minimum atomic E-state index is -0.878. The highest BCUT2D eigenvalue weighted by Gasteiger charge is 2.24. The zero-order valence-electron chi connectivity index (χ0n) is 13.8. The van der Waals surface area contributed by atoms with Gasteiger partial charge in [-0.3, -0.25) is 9.59 Å². The molecule has 0 spiro atoms. The van der Waals surface area contributed by atoms with Crippen LogP contribution in [0.5, 0.6) is 0 Å². The molecular weight excluding hydrogens is 374 g/mol. The van der Waals surface area contributed by atoms with E-state index < -0.39 is 11.5 Å². The standard InChI is InChI=1S/C17H20BrN3O3/c1-11-14(16(24)19-17(2,3)9-8-15(22)23)10-21(20-11)13-6-4-12(18)5-7-13/h4-7,10H,8-9H2,1-3H3,(H,19,24)(H,22,23). The van der Waals surface area contributed by atoms with Crippen LogP contribution in [0.15, 0.2) is 34.9 Å². The Balaban J connectivity index is 2.15. The first-order chi connectivity index (χ1) is 11.2. The topological polar surface area (TPSA) is 84.2 Å². The summed E-state index contributed by atoms with van der Waals surface area (Å²) in [5.41, 5.74) is 1.33. The van der Waals surface area contributed by atoms with E-state index in [1.54, 1.807) is 17.8 Å². The van der Waals surface area contributed by atoms with Gasteiger partial charge < -0.3 is 10.4 Å². The summed E-state index contributed by atoms with van der Waals surface area (Å²) in [5.74, 6) is -1.14. The maximum absolute atomic E-state index is 12.5. The lowest BCUT2D eigenvalue weighted by Crippen LogP contribution is -2.43. The number of carbonyl (C=O) groups is 2. The molecule has 1 heterocycles. The highest BCUT2D eigenvalue weighted by molar-refractivity contribution is 9.10. The normalized spacial score (nSPS) is 11.3. The quantitative estimate of drug-likeness (QED) is 0.788. The SMILES string of the molecule is Cc1nn(-c2ccc(Br)cc2)cc1C(=O)NC(C)(C)CCC(=O)O. The number of nitrogens with zero attached hydrogens (tertiary/aromatic N) is 2. The summed E-state index contributed by atoms with van der Waals surface area (Å²) >= 11 is 3.38. The molecule has 0 radical (unpaired) electrons. The summed E-state index contributed by atoms with van der Waals surface area (Å²) in [6, 6.07) is 7.60. The number of hydrogen-bond acceptors (Lipinski definition) is 3. The Kier molecular flexibility index (Phi) is 5.43. The van der Waals surface area contributed by atoms with Crippen LogP contribution in [0, 0.1) is 6.92 Å². The number of rotatable bonds is 6. The van der Waals surface area contributed by atoms with Crippen molar-refractivity contribution in [1.29, 1.82) is 0 Å². The molecule has 2 aromatic rings. The number of amides is 1. The van der Waals surface area contributed by atoms with Gasteiger partial charge in [-0.15, -0.1) is 0 Å². The van der Waals surface area contributed by atoms with Gasteiger partial charge in [0.05, 0.1) is 16.9 Å². The van der Waals surface area contributed by atoms with E-state index in [0.29, 0.717) is 17.7 Å². The maximum atomic E-state index is 12.5. The van der Waals surface area contributed by atoms with Crippen molar-refractivity contribution >= 4 is 27.8 Å². The van der Waals surface area contributed by atoms with E-state index in [9.17, 15) is 9.59 Å². The number of carbonyl (C=O) groups excluding carboxylic acids is 1. The van der Waals surface area contributed by atoms with Crippen LogP contribution in [0.3, 0.4) is 0 Å². The van der Waals surface area contributed by atoms with Crippen LogP contribution < -0.4 is 5.32 Å². The van der Waals surface area contributed by atoms with E-state index in [1.807, 2.05) is 38.1 Å². The average Bonchev–Trinajstić information content (AvgIpc) is 2.88. The second-order valence-corrected chi connectivity index (χ2v) is 7.20. The lowest BCUT2D eigenvalue weighted by atomic mass is 9.98. The molecule has 7 heteroatoms. The monoisotopic (exact) mass is 393 g/mol. The molecule has 0 atom stereocenters. The largest absolute Gasteiger partial charge is 0.481 e. The van der Waals surface area contributed by atoms with Crippen molar-refractivity contribution in [3.8, 4) is 5.69 Å². The van der Waals surface area contributed by atoms with E-state index in [4.69, 9.17) is 5.11 Å². The summed E-state index contributed by atoms with van der Waals surface area (Å²) < 4.78 is 2.62. The third kappa shape index (κ3) is 4.67. The number of carboxylic acid groups (broad SMARTS) is 1. The minimum absolute atomic E-state index is 0.00438. The van der Waals surface area contributed by atoms with E-state index >= 15 is 0 Å².